The van der Waals surface area contributed by atoms with Gasteiger partial charge in [0.05, 0.1) is 11.1 Å². The van der Waals surface area contributed by atoms with Crippen LogP contribution in [0, 0.1) is 5.92 Å². The van der Waals surface area contributed by atoms with Crippen molar-refractivity contribution in [2.45, 2.75) is 25.0 Å². The van der Waals surface area contributed by atoms with Gasteiger partial charge < -0.3 is 10.0 Å². The van der Waals surface area contributed by atoms with Crippen LogP contribution in [-0.2, 0) is 0 Å². The molecule has 0 aliphatic carbocycles. The van der Waals surface area contributed by atoms with Gasteiger partial charge in [0.2, 0.25) is 0 Å². The van der Waals surface area contributed by atoms with Gasteiger partial charge in [-0.25, -0.2) is 0 Å². The number of nitrogens with zero attached hydrogens (tertiary/aromatic N) is 1. The summed E-state index contributed by atoms with van der Waals surface area (Å²) in [6, 6.07) is 10.5. The Balaban J connectivity index is 1.81. The third-order valence-corrected chi connectivity index (χ3v) is 4.33. The normalized spacial score (nSPS) is 29.8. The lowest BCUT2D eigenvalue weighted by molar-refractivity contribution is 0.134. The van der Waals surface area contributed by atoms with E-state index in [-0.39, 0.29) is 5.92 Å². The van der Waals surface area contributed by atoms with Gasteiger partial charge in [-0.3, -0.25) is 0 Å². The Morgan fingerprint density at radius 2 is 2.06 bits per heavy atom. The zero-order valence-electron chi connectivity index (χ0n) is 9.04. The third-order valence-electron chi connectivity index (χ3n) is 3.79. The van der Waals surface area contributed by atoms with Gasteiger partial charge >= 0.3 is 0 Å². The molecule has 0 unspecified atom stereocenters. The van der Waals surface area contributed by atoms with Gasteiger partial charge in [-0.05, 0) is 18.4 Å². The Labute approximate surface area is 101 Å². The van der Waals surface area contributed by atoms with Crippen molar-refractivity contribution in [1.82, 2.24) is 4.90 Å². The average molecular weight is 233 g/mol. The number of fused-ring (bicyclic) bond motifs is 1. The van der Waals surface area contributed by atoms with Crippen LogP contribution >= 0.6 is 12.2 Å². The molecule has 3 rings (SSSR count). The number of aliphatic hydroxyl groups is 1. The summed E-state index contributed by atoms with van der Waals surface area (Å²) >= 11 is 5.43. The molecule has 16 heavy (non-hydrogen) atoms. The van der Waals surface area contributed by atoms with Crippen molar-refractivity contribution in [3.8, 4) is 0 Å². The summed E-state index contributed by atoms with van der Waals surface area (Å²) in [5.74, 6) is 0.143. The Kier molecular flexibility index (Phi) is 2.45. The fraction of sp³-hybridized carbons (Fsp3) is 0.462. The second-order valence-electron chi connectivity index (χ2n) is 4.67. The van der Waals surface area contributed by atoms with E-state index in [1.54, 1.807) is 0 Å². The maximum Gasteiger partial charge on any atom is 0.0882 e. The summed E-state index contributed by atoms with van der Waals surface area (Å²) < 4.78 is 0. The first kappa shape index (κ1) is 10.2. The second kappa shape index (κ2) is 3.82. The molecule has 0 amide bonds. The van der Waals surface area contributed by atoms with Crippen molar-refractivity contribution in [2.75, 3.05) is 6.54 Å². The maximum absolute atomic E-state index is 10.3. The lowest BCUT2D eigenvalue weighted by atomic mass is 9.92. The monoisotopic (exact) mass is 233 g/mol. The Hall–Kier alpha value is -0.930. The maximum atomic E-state index is 10.3. The summed E-state index contributed by atoms with van der Waals surface area (Å²) in [5, 5.41) is 10.3. The predicted molar refractivity (Wildman–Crippen MR) is 67.2 cm³/mol. The summed E-state index contributed by atoms with van der Waals surface area (Å²) in [4.78, 5) is 3.24. The number of aliphatic hydroxyl groups excluding tert-OH is 1. The smallest absolute Gasteiger partial charge is 0.0882 e. The van der Waals surface area contributed by atoms with Crippen molar-refractivity contribution in [1.29, 1.82) is 0 Å². The van der Waals surface area contributed by atoms with Gasteiger partial charge in [-0.1, -0.05) is 42.5 Å². The molecule has 1 aromatic carbocycles. The van der Waals surface area contributed by atoms with Crippen LogP contribution in [0.3, 0.4) is 0 Å². The third kappa shape index (κ3) is 1.46. The Morgan fingerprint density at radius 3 is 2.56 bits per heavy atom. The van der Waals surface area contributed by atoms with Gasteiger partial charge in [0.25, 0.3) is 0 Å². The Bertz CT molecular complexity index is 406. The molecule has 1 aromatic rings. The van der Waals surface area contributed by atoms with Crippen molar-refractivity contribution in [2.24, 2.45) is 5.92 Å². The molecule has 2 fully saturated rings. The van der Waals surface area contributed by atoms with Gasteiger partial charge in [-0.2, -0.15) is 0 Å². The summed E-state index contributed by atoms with van der Waals surface area (Å²) in [5.41, 5.74) is 0.984. The quantitative estimate of drug-likeness (QED) is 0.792. The average Bonchev–Trinajstić information content (AvgIpc) is 2.49. The highest BCUT2D eigenvalue weighted by Crippen LogP contribution is 2.40. The van der Waals surface area contributed by atoms with E-state index in [1.807, 2.05) is 30.3 Å². The number of hydrogen-bond donors (Lipinski definition) is 1. The van der Waals surface area contributed by atoms with Crippen LogP contribution in [0.2, 0.25) is 0 Å². The van der Waals surface area contributed by atoms with Gasteiger partial charge in [0.15, 0.2) is 0 Å². The molecule has 0 aromatic heterocycles. The topological polar surface area (TPSA) is 23.5 Å². The Morgan fingerprint density at radius 1 is 1.31 bits per heavy atom. The fourth-order valence-corrected chi connectivity index (χ4v) is 3.19. The van der Waals surface area contributed by atoms with Crippen molar-refractivity contribution >= 4 is 17.2 Å². The standard InChI is InChI=1S/C13H15NOS/c15-12(9-4-2-1-3-5-9)11-8-10-6-7-14(10)13(11)16/h1-5,10-12,15H,6-8H2/t10-,11-,12-/m0/s1. The zero-order chi connectivity index (χ0) is 11.1. The van der Waals surface area contributed by atoms with Gasteiger partial charge in [-0.15, -0.1) is 0 Å². The van der Waals surface area contributed by atoms with E-state index >= 15 is 0 Å². The van der Waals surface area contributed by atoms with Crippen LogP contribution in [0.25, 0.3) is 0 Å². The molecule has 2 saturated heterocycles. The predicted octanol–water partition coefficient (Wildman–Crippen LogP) is 2.14. The minimum absolute atomic E-state index is 0.143. The van der Waals surface area contributed by atoms with E-state index in [0.717, 1.165) is 23.5 Å². The van der Waals surface area contributed by atoms with E-state index in [2.05, 4.69) is 4.90 Å². The first-order valence-corrected chi connectivity index (χ1v) is 6.21. The SMILES string of the molecule is O[C@@H](c1ccccc1)[C@@H]1C[C@@H]2CCN2C1=S. The van der Waals surface area contributed by atoms with E-state index in [0.29, 0.717) is 6.04 Å². The minimum atomic E-state index is -0.431. The highest BCUT2D eigenvalue weighted by atomic mass is 32.1. The zero-order valence-corrected chi connectivity index (χ0v) is 9.86. The number of rotatable bonds is 2. The van der Waals surface area contributed by atoms with E-state index in [1.165, 1.54) is 6.42 Å². The largest absolute Gasteiger partial charge is 0.388 e. The first-order valence-electron chi connectivity index (χ1n) is 5.81. The molecule has 3 heteroatoms. The molecule has 0 saturated carbocycles. The lowest BCUT2D eigenvalue weighted by Crippen LogP contribution is -2.44. The first-order chi connectivity index (χ1) is 7.77. The molecule has 2 aliphatic heterocycles. The molecule has 2 nitrogen and oxygen atoms in total. The highest BCUT2D eigenvalue weighted by Gasteiger charge is 2.44. The van der Waals surface area contributed by atoms with Crippen LogP contribution in [0.15, 0.2) is 30.3 Å². The molecule has 0 spiro atoms. The van der Waals surface area contributed by atoms with Crippen LogP contribution in [-0.4, -0.2) is 27.6 Å². The van der Waals surface area contributed by atoms with Crippen LogP contribution in [0.1, 0.15) is 24.5 Å². The van der Waals surface area contributed by atoms with E-state index < -0.39 is 6.10 Å². The molecule has 2 heterocycles. The van der Waals surface area contributed by atoms with Crippen LogP contribution in [0.5, 0.6) is 0 Å². The second-order valence-corrected chi connectivity index (χ2v) is 5.09. The molecular weight excluding hydrogens is 218 g/mol. The molecule has 84 valence electrons. The molecule has 3 atom stereocenters. The van der Waals surface area contributed by atoms with Gasteiger partial charge in [0, 0.05) is 18.5 Å². The van der Waals surface area contributed by atoms with Crippen LogP contribution < -0.4 is 0 Å². The van der Waals surface area contributed by atoms with Crippen molar-refractivity contribution in [3.63, 3.8) is 0 Å². The molecule has 1 N–H and O–H groups in total. The van der Waals surface area contributed by atoms with Crippen molar-refractivity contribution < 1.29 is 5.11 Å². The molecule has 2 aliphatic rings. The minimum Gasteiger partial charge on any atom is -0.388 e. The summed E-state index contributed by atoms with van der Waals surface area (Å²) in [6.07, 6.45) is 1.83. The number of thiocarbonyl (C=S) groups is 1. The molecular formula is C13H15NOS. The summed E-state index contributed by atoms with van der Waals surface area (Å²) in [6.45, 7) is 1.08. The van der Waals surface area contributed by atoms with E-state index in [4.69, 9.17) is 12.2 Å². The van der Waals surface area contributed by atoms with Crippen molar-refractivity contribution in [3.05, 3.63) is 35.9 Å². The number of hydrogen-bond acceptors (Lipinski definition) is 2. The fourth-order valence-electron chi connectivity index (χ4n) is 2.73. The van der Waals surface area contributed by atoms with E-state index in [9.17, 15) is 5.11 Å². The molecule has 0 radical (unpaired) electrons. The van der Waals surface area contributed by atoms with Crippen LogP contribution in [0.4, 0.5) is 0 Å². The lowest BCUT2D eigenvalue weighted by Gasteiger charge is -2.36. The summed E-state index contributed by atoms with van der Waals surface area (Å²) in [7, 11) is 0. The molecule has 0 bridgehead atoms. The van der Waals surface area contributed by atoms with Gasteiger partial charge in [0.1, 0.15) is 0 Å². The number of benzene rings is 1. The highest BCUT2D eigenvalue weighted by molar-refractivity contribution is 7.80.